The number of anilines is 1. The summed E-state index contributed by atoms with van der Waals surface area (Å²) in [6.07, 6.45) is 1.70. The van der Waals surface area contributed by atoms with Gasteiger partial charge in [-0.15, -0.1) is 0 Å². The Labute approximate surface area is 150 Å². The number of nitrogens with one attached hydrogen (secondary N) is 2. The normalized spacial score (nSPS) is 14.4. The molecule has 0 atom stereocenters. The highest BCUT2D eigenvalue weighted by molar-refractivity contribution is 7.89. The predicted molar refractivity (Wildman–Crippen MR) is 94.2 cm³/mol. The van der Waals surface area contributed by atoms with Crippen LogP contribution in [0.15, 0.2) is 47.4 Å². The molecule has 126 valence electrons. The Bertz CT molecular complexity index is 876. The first-order valence-electron chi connectivity index (χ1n) is 7.23. The number of amides is 1. The predicted octanol–water partition coefficient (Wildman–Crippen LogP) is 3.69. The van der Waals surface area contributed by atoms with Crippen LogP contribution in [0, 0.1) is 0 Å². The van der Waals surface area contributed by atoms with Crippen molar-refractivity contribution < 1.29 is 13.2 Å². The van der Waals surface area contributed by atoms with Gasteiger partial charge in [-0.2, -0.15) is 0 Å². The second kappa shape index (κ2) is 6.72. The number of hydrogen-bond donors (Lipinski definition) is 2. The molecule has 5 nitrogen and oxygen atoms in total. The third-order valence-corrected chi connectivity index (χ3v) is 5.38. The van der Waals surface area contributed by atoms with Gasteiger partial charge in [0.05, 0.1) is 4.90 Å². The molecule has 2 aromatic carbocycles. The summed E-state index contributed by atoms with van der Waals surface area (Å²) in [7, 11) is -3.58. The van der Waals surface area contributed by atoms with Crippen molar-refractivity contribution in [3.63, 3.8) is 0 Å². The van der Waals surface area contributed by atoms with E-state index in [4.69, 9.17) is 23.2 Å². The minimum Gasteiger partial charge on any atom is -0.322 e. The molecule has 1 aliphatic carbocycles. The molecule has 1 fully saturated rings. The lowest BCUT2D eigenvalue weighted by molar-refractivity contribution is 0.102. The molecule has 0 bridgehead atoms. The fraction of sp³-hybridized carbons (Fsp3) is 0.188. The largest absolute Gasteiger partial charge is 0.322 e. The van der Waals surface area contributed by atoms with E-state index in [0.29, 0.717) is 15.7 Å². The summed E-state index contributed by atoms with van der Waals surface area (Å²) in [6.45, 7) is 0. The van der Waals surface area contributed by atoms with E-state index >= 15 is 0 Å². The van der Waals surface area contributed by atoms with E-state index in [1.54, 1.807) is 12.1 Å². The Morgan fingerprint density at radius 3 is 2.33 bits per heavy atom. The van der Waals surface area contributed by atoms with Crippen molar-refractivity contribution in [1.29, 1.82) is 0 Å². The van der Waals surface area contributed by atoms with Crippen LogP contribution in [0.1, 0.15) is 23.2 Å². The minimum absolute atomic E-state index is 0.0156. The Morgan fingerprint density at radius 1 is 1.04 bits per heavy atom. The van der Waals surface area contributed by atoms with Crippen molar-refractivity contribution in [2.45, 2.75) is 23.8 Å². The third kappa shape index (κ3) is 4.27. The monoisotopic (exact) mass is 384 g/mol. The van der Waals surface area contributed by atoms with Gasteiger partial charge in [0.15, 0.2) is 0 Å². The van der Waals surface area contributed by atoms with Gasteiger partial charge in [0.2, 0.25) is 10.0 Å². The molecule has 1 saturated carbocycles. The minimum atomic E-state index is -3.58. The average Bonchev–Trinajstić information content (AvgIpc) is 3.30. The van der Waals surface area contributed by atoms with Gasteiger partial charge in [-0.05, 0) is 49.2 Å². The summed E-state index contributed by atoms with van der Waals surface area (Å²) in [5.74, 6) is -0.427. The highest BCUT2D eigenvalue weighted by Crippen LogP contribution is 2.24. The van der Waals surface area contributed by atoms with Crippen LogP contribution in [0.4, 0.5) is 5.69 Å². The van der Waals surface area contributed by atoms with E-state index in [9.17, 15) is 13.2 Å². The van der Waals surface area contributed by atoms with Crippen LogP contribution in [0.2, 0.25) is 10.0 Å². The molecule has 8 heteroatoms. The molecule has 0 spiro atoms. The third-order valence-electron chi connectivity index (χ3n) is 3.43. The number of benzene rings is 2. The molecule has 0 aromatic heterocycles. The molecule has 3 rings (SSSR count). The zero-order valence-corrected chi connectivity index (χ0v) is 14.8. The number of halogens is 2. The summed E-state index contributed by atoms with van der Waals surface area (Å²) >= 11 is 11.8. The van der Waals surface area contributed by atoms with Gasteiger partial charge in [-0.25, -0.2) is 13.1 Å². The molecule has 1 aliphatic rings. The van der Waals surface area contributed by atoms with Gasteiger partial charge in [0.1, 0.15) is 0 Å². The number of carbonyl (C=O) groups is 1. The fourth-order valence-electron chi connectivity index (χ4n) is 2.12. The lowest BCUT2D eigenvalue weighted by atomic mass is 10.2. The summed E-state index contributed by atoms with van der Waals surface area (Å²) in [4.78, 5) is 12.4. The summed E-state index contributed by atoms with van der Waals surface area (Å²) in [5.41, 5.74) is 0.659. The maximum Gasteiger partial charge on any atom is 0.255 e. The smallest absolute Gasteiger partial charge is 0.255 e. The second-order valence-electron chi connectivity index (χ2n) is 5.54. The molecule has 0 aliphatic heterocycles. The van der Waals surface area contributed by atoms with Crippen molar-refractivity contribution in [2.75, 3.05) is 5.32 Å². The molecule has 0 heterocycles. The van der Waals surface area contributed by atoms with E-state index in [-0.39, 0.29) is 16.5 Å². The van der Waals surface area contributed by atoms with Crippen LogP contribution in [0.5, 0.6) is 0 Å². The highest BCUT2D eigenvalue weighted by Gasteiger charge is 2.28. The Hall–Kier alpha value is -1.60. The lowest BCUT2D eigenvalue weighted by Crippen LogP contribution is -2.25. The standard InChI is InChI=1S/C16H14Cl2N2O3S/c17-11-6-10(7-12(18)8-11)16(21)19-14-2-1-3-15(9-14)24(22,23)20-13-4-5-13/h1-3,6-9,13,20H,4-5H2,(H,19,21). The first kappa shape index (κ1) is 17.2. The van der Waals surface area contributed by atoms with Crippen LogP contribution >= 0.6 is 23.2 Å². The van der Waals surface area contributed by atoms with Gasteiger partial charge in [-0.1, -0.05) is 29.3 Å². The van der Waals surface area contributed by atoms with E-state index < -0.39 is 15.9 Å². The molecular formula is C16H14Cl2N2O3S. The zero-order chi connectivity index (χ0) is 17.3. The van der Waals surface area contributed by atoms with Gasteiger partial charge in [0.25, 0.3) is 5.91 Å². The number of rotatable bonds is 5. The maximum atomic E-state index is 12.3. The number of hydrogen-bond acceptors (Lipinski definition) is 3. The number of sulfonamides is 1. The summed E-state index contributed by atoms with van der Waals surface area (Å²) < 4.78 is 27.0. The molecule has 0 unspecified atom stereocenters. The Morgan fingerprint density at radius 2 is 1.71 bits per heavy atom. The summed E-state index contributed by atoms with van der Waals surface area (Å²) in [5, 5.41) is 3.34. The molecule has 0 radical (unpaired) electrons. The van der Waals surface area contributed by atoms with Crippen molar-refractivity contribution in [2.24, 2.45) is 0 Å². The van der Waals surface area contributed by atoms with E-state index in [1.165, 1.54) is 30.3 Å². The molecule has 1 amide bonds. The number of carbonyl (C=O) groups excluding carboxylic acids is 1. The van der Waals surface area contributed by atoms with Crippen molar-refractivity contribution in [1.82, 2.24) is 4.72 Å². The van der Waals surface area contributed by atoms with E-state index in [2.05, 4.69) is 10.0 Å². The molecule has 2 aromatic rings. The van der Waals surface area contributed by atoms with Crippen LogP contribution in [-0.4, -0.2) is 20.4 Å². The van der Waals surface area contributed by atoms with Crippen LogP contribution in [-0.2, 0) is 10.0 Å². The topological polar surface area (TPSA) is 75.3 Å². The average molecular weight is 385 g/mol. The Kier molecular flexibility index (Phi) is 4.83. The second-order valence-corrected chi connectivity index (χ2v) is 8.12. The molecule has 24 heavy (non-hydrogen) atoms. The molecular weight excluding hydrogens is 371 g/mol. The van der Waals surface area contributed by atoms with Gasteiger partial charge < -0.3 is 5.32 Å². The van der Waals surface area contributed by atoms with E-state index in [1.807, 2.05) is 0 Å². The first-order chi connectivity index (χ1) is 11.3. The van der Waals surface area contributed by atoms with Crippen molar-refractivity contribution in [3.8, 4) is 0 Å². The van der Waals surface area contributed by atoms with Gasteiger partial charge >= 0.3 is 0 Å². The van der Waals surface area contributed by atoms with Gasteiger partial charge in [-0.3, -0.25) is 4.79 Å². The quantitative estimate of drug-likeness (QED) is 0.825. The maximum absolute atomic E-state index is 12.3. The SMILES string of the molecule is O=C(Nc1cccc(S(=O)(=O)NC2CC2)c1)c1cc(Cl)cc(Cl)c1. The fourth-order valence-corrected chi connectivity index (χ4v) is 3.99. The Balaban J connectivity index is 1.80. The molecule has 0 saturated heterocycles. The van der Waals surface area contributed by atoms with Crippen molar-refractivity contribution in [3.05, 3.63) is 58.1 Å². The van der Waals surface area contributed by atoms with Gasteiger partial charge in [0, 0.05) is 27.3 Å². The van der Waals surface area contributed by atoms with Crippen LogP contribution < -0.4 is 10.0 Å². The zero-order valence-electron chi connectivity index (χ0n) is 12.4. The van der Waals surface area contributed by atoms with Crippen LogP contribution in [0.25, 0.3) is 0 Å². The van der Waals surface area contributed by atoms with Crippen molar-refractivity contribution >= 4 is 44.8 Å². The van der Waals surface area contributed by atoms with Crippen LogP contribution in [0.3, 0.4) is 0 Å². The first-order valence-corrected chi connectivity index (χ1v) is 9.47. The lowest BCUT2D eigenvalue weighted by Gasteiger charge is -2.09. The summed E-state index contributed by atoms with van der Waals surface area (Å²) in [6, 6.07) is 10.6. The van der Waals surface area contributed by atoms with E-state index in [0.717, 1.165) is 12.8 Å². The highest BCUT2D eigenvalue weighted by atomic mass is 35.5. The molecule has 2 N–H and O–H groups in total.